The van der Waals surface area contributed by atoms with E-state index in [1.165, 1.54) is 31.5 Å². The molecule has 7 heteroatoms. The number of carbonyl (C=O) groups is 1. The summed E-state index contributed by atoms with van der Waals surface area (Å²) in [7, 11) is 1.28. The van der Waals surface area contributed by atoms with Gasteiger partial charge in [0.1, 0.15) is 5.82 Å². The highest BCUT2D eigenvalue weighted by atomic mass is 35.5. The number of nitrogens with zero attached hydrogens (tertiary/aromatic N) is 1. The van der Waals surface area contributed by atoms with E-state index in [1.807, 2.05) is 0 Å². The van der Waals surface area contributed by atoms with Crippen LogP contribution >= 0.6 is 34.8 Å². The molecule has 4 nitrogen and oxygen atoms in total. The minimum absolute atomic E-state index is 0.198. The number of esters is 1. The van der Waals surface area contributed by atoms with Crippen LogP contribution in [0, 0.1) is 0 Å². The van der Waals surface area contributed by atoms with Gasteiger partial charge in [-0.25, -0.2) is 9.78 Å². The summed E-state index contributed by atoms with van der Waals surface area (Å²) in [6.45, 7) is 0. The van der Waals surface area contributed by atoms with Crippen LogP contribution in [-0.2, 0) is 4.74 Å². The van der Waals surface area contributed by atoms with Crippen LogP contribution in [0.15, 0.2) is 24.4 Å². The second kappa shape index (κ2) is 5.87. The summed E-state index contributed by atoms with van der Waals surface area (Å²) >= 11 is 18.1. The molecule has 0 bridgehead atoms. The van der Waals surface area contributed by atoms with Gasteiger partial charge >= 0.3 is 5.97 Å². The average Bonchev–Trinajstić information content (AvgIpc) is 2.38. The lowest BCUT2D eigenvalue weighted by Gasteiger charge is -2.11. The number of nitrogens with two attached hydrogens (primary N) is 1. The van der Waals surface area contributed by atoms with Gasteiger partial charge in [0, 0.05) is 22.3 Å². The number of pyridine rings is 1. The number of rotatable bonds is 2. The molecule has 2 N–H and O–H groups in total. The first-order valence-corrected chi connectivity index (χ1v) is 6.56. The molecule has 0 radical (unpaired) electrons. The zero-order chi connectivity index (χ0) is 14.9. The van der Waals surface area contributed by atoms with Crippen molar-refractivity contribution in [3.8, 4) is 11.1 Å². The third-order valence-electron chi connectivity index (χ3n) is 2.62. The SMILES string of the molecule is COC(=O)c1cnc(N)c(-c2c(Cl)cc(Cl)cc2Cl)c1. The molecule has 2 aromatic rings. The number of methoxy groups -OCH3 is 1. The van der Waals surface area contributed by atoms with Crippen molar-refractivity contribution >= 4 is 46.6 Å². The molecule has 0 fully saturated rings. The number of nitrogen functional groups attached to an aromatic ring is 1. The standard InChI is InChI=1S/C13H9Cl3N2O2/c1-20-13(19)6-2-8(12(17)18-5-6)11-9(15)3-7(14)4-10(11)16/h2-5H,1H3,(H2,17,18). The number of carbonyl (C=O) groups excluding carboxylic acids is 1. The fraction of sp³-hybridized carbons (Fsp3) is 0.0769. The third-order valence-corrected chi connectivity index (χ3v) is 3.43. The Morgan fingerprint density at radius 3 is 2.35 bits per heavy atom. The van der Waals surface area contributed by atoms with Gasteiger partial charge in [0.15, 0.2) is 0 Å². The molecule has 20 heavy (non-hydrogen) atoms. The molecule has 0 saturated carbocycles. The number of anilines is 1. The molecule has 0 unspecified atom stereocenters. The molecule has 0 aliphatic rings. The van der Waals surface area contributed by atoms with Crippen molar-refractivity contribution in [3.63, 3.8) is 0 Å². The summed E-state index contributed by atoms with van der Waals surface area (Å²) in [5.74, 6) is -0.330. The van der Waals surface area contributed by atoms with Gasteiger partial charge in [-0.2, -0.15) is 0 Å². The van der Waals surface area contributed by atoms with Crippen molar-refractivity contribution in [2.75, 3.05) is 12.8 Å². The first kappa shape index (κ1) is 14.9. The molecule has 0 amide bonds. The Hall–Kier alpha value is -1.49. The predicted octanol–water partition coefficient (Wildman–Crippen LogP) is 4.08. The van der Waals surface area contributed by atoms with Crippen molar-refractivity contribution in [3.05, 3.63) is 45.0 Å². The number of benzene rings is 1. The molecule has 1 heterocycles. The molecule has 1 aromatic heterocycles. The van der Waals surface area contributed by atoms with Gasteiger partial charge in [-0.05, 0) is 18.2 Å². The Labute approximate surface area is 130 Å². The largest absolute Gasteiger partial charge is 0.465 e. The van der Waals surface area contributed by atoms with E-state index in [2.05, 4.69) is 9.72 Å². The van der Waals surface area contributed by atoms with Gasteiger partial charge in [-0.15, -0.1) is 0 Å². The topological polar surface area (TPSA) is 65.2 Å². The summed E-state index contributed by atoms with van der Waals surface area (Å²) in [5.41, 5.74) is 6.98. The first-order chi connectivity index (χ1) is 9.43. The van der Waals surface area contributed by atoms with Gasteiger partial charge in [-0.1, -0.05) is 34.8 Å². The maximum atomic E-state index is 11.5. The van der Waals surface area contributed by atoms with Gasteiger partial charge in [0.25, 0.3) is 0 Å². The second-order valence-electron chi connectivity index (χ2n) is 3.89. The van der Waals surface area contributed by atoms with E-state index in [9.17, 15) is 4.79 Å². The Balaban J connectivity index is 2.66. The molecule has 1 aromatic carbocycles. The summed E-state index contributed by atoms with van der Waals surface area (Å²) in [6, 6.07) is 4.60. The Kier molecular flexibility index (Phi) is 4.38. The van der Waals surface area contributed by atoms with Gasteiger partial charge in [-0.3, -0.25) is 0 Å². The maximum Gasteiger partial charge on any atom is 0.339 e. The predicted molar refractivity (Wildman–Crippen MR) is 80.5 cm³/mol. The van der Waals surface area contributed by atoms with E-state index in [-0.39, 0.29) is 11.4 Å². The quantitative estimate of drug-likeness (QED) is 0.842. The average molecular weight is 332 g/mol. The van der Waals surface area contributed by atoms with Gasteiger partial charge in [0.2, 0.25) is 0 Å². The second-order valence-corrected chi connectivity index (χ2v) is 5.14. The fourth-order valence-electron chi connectivity index (χ4n) is 1.70. The first-order valence-electron chi connectivity index (χ1n) is 5.42. The Morgan fingerprint density at radius 2 is 1.80 bits per heavy atom. The molecule has 0 aliphatic carbocycles. The van der Waals surface area contributed by atoms with Crippen molar-refractivity contribution in [2.24, 2.45) is 0 Å². The van der Waals surface area contributed by atoms with Crippen molar-refractivity contribution in [1.82, 2.24) is 4.98 Å². The minimum Gasteiger partial charge on any atom is -0.465 e. The van der Waals surface area contributed by atoms with E-state index >= 15 is 0 Å². The van der Waals surface area contributed by atoms with E-state index in [0.717, 1.165) is 0 Å². The monoisotopic (exact) mass is 330 g/mol. The van der Waals surface area contributed by atoms with Crippen LogP contribution in [0.25, 0.3) is 11.1 Å². The smallest absolute Gasteiger partial charge is 0.339 e. The highest BCUT2D eigenvalue weighted by molar-refractivity contribution is 6.42. The van der Waals surface area contributed by atoms with Crippen LogP contribution in [0.3, 0.4) is 0 Å². The van der Waals surface area contributed by atoms with Crippen molar-refractivity contribution in [1.29, 1.82) is 0 Å². The Bertz CT molecular complexity index is 666. The van der Waals surface area contributed by atoms with E-state index in [4.69, 9.17) is 40.5 Å². The van der Waals surface area contributed by atoms with Crippen molar-refractivity contribution < 1.29 is 9.53 Å². The van der Waals surface area contributed by atoms with Gasteiger partial charge < -0.3 is 10.5 Å². The third kappa shape index (κ3) is 2.82. The molecular weight excluding hydrogens is 323 g/mol. The lowest BCUT2D eigenvalue weighted by atomic mass is 10.0. The van der Waals surface area contributed by atoms with Crippen LogP contribution in [-0.4, -0.2) is 18.1 Å². The summed E-state index contributed by atoms with van der Waals surface area (Å²) in [5, 5.41) is 1.04. The van der Waals surface area contributed by atoms with E-state index < -0.39 is 5.97 Å². The molecule has 0 atom stereocenters. The van der Waals surface area contributed by atoms with Crippen LogP contribution in [0.5, 0.6) is 0 Å². The number of hydrogen-bond acceptors (Lipinski definition) is 4. The summed E-state index contributed by atoms with van der Waals surface area (Å²) in [4.78, 5) is 15.5. The van der Waals surface area contributed by atoms with E-state index in [0.29, 0.717) is 26.2 Å². The number of ether oxygens (including phenoxy) is 1. The molecular formula is C13H9Cl3N2O2. The normalized spacial score (nSPS) is 10.4. The van der Waals surface area contributed by atoms with Crippen LogP contribution in [0.1, 0.15) is 10.4 Å². The zero-order valence-electron chi connectivity index (χ0n) is 10.3. The molecule has 0 aliphatic heterocycles. The van der Waals surface area contributed by atoms with Gasteiger partial charge in [0.05, 0.1) is 22.7 Å². The lowest BCUT2D eigenvalue weighted by molar-refractivity contribution is 0.0600. The summed E-state index contributed by atoms with van der Waals surface area (Å²) < 4.78 is 4.64. The molecule has 104 valence electrons. The molecule has 0 spiro atoms. The van der Waals surface area contributed by atoms with Crippen LogP contribution in [0.2, 0.25) is 15.1 Å². The zero-order valence-corrected chi connectivity index (χ0v) is 12.6. The minimum atomic E-state index is -0.528. The fourth-order valence-corrected chi connectivity index (χ4v) is 2.73. The highest BCUT2D eigenvalue weighted by Crippen LogP contribution is 2.39. The number of aromatic nitrogens is 1. The number of halogens is 3. The lowest BCUT2D eigenvalue weighted by Crippen LogP contribution is -2.04. The Morgan fingerprint density at radius 1 is 1.20 bits per heavy atom. The molecule has 2 rings (SSSR count). The molecule has 0 saturated heterocycles. The maximum absolute atomic E-state index is 11.5. The van der Waals surface area contributed by atoms with E-state index in [1.54, 1.807) is 0 Å². The van der Waals surface area contributed by atoms with Crippen LogP contribution in [0.4, 0.5) is 5.82 Å². The number of hydrogen-bond donors (Lipinski definition) is 1. The summed E-state index contributed by atoms with van der Waals surface area (Å²) in [6.07, 6.45) is 1.32. The highest BCUT2D eigenvalue weighted by Gasteiger charge is 2.16. The van der Waals surface area contributed by atoms with Crippen LogP contribution < -0.4 is 5.73 Å². The van der Waals surface area contributed by atoms with Crippen molar-refractivity contribution in [2.45, 2.75) is 0 Å².